The Hall–Kier alpha value is -2.87. The zero-order chi connectivity index (χ0) is 20.9. The highest BCUT2D eigenvalue weighted by atomic mass is 19.3. The Bertz CT molecular complexity index is 886. The van der Waals surface area contributed by atoms with Crippen LogP contribution in [0.4, 0.5) is 19.3 Å². The summed E-state index contributed by atoms with van der Waals surface area (Å²) in [6, 6.07) is 12.7. The van der Waals surface area contributed by atoms with E-state index in [1.165, 1.54) is 11.1 Å². The average molecular weight is 417 g/mol. The van der Waals surface area contributed by atoms with Crippen LogP contribution in [0.3, 0.4) is 0 Å². The first-order valence-electron chi connectivity index (χ1n) is 10.1. The lowest BCUT2D eigenvalue weighted by atomic mass is 10.1. The topological polar surface area (TPSA) is 54.0 Å². The van der Waals surface area contributed by atoms with Crippen molar-refractivity contribution in [1.29, 1.82) is 0 Å². The van der Waals surface area contributed by atoms with E-state index in [-0.39, 0.29) is 11.8 Å². The molecule has 2 aliphatic heterocycles. The van der Waals surface area contributed by atoms with Crippen molar-refractivity contribution in [2.24, 2.45) is 0 Å². The van der Waals surface area contributed by atoms with E-state index in [4.69, 9.17) is 9.47 Å². The van der Waals surface area contributed by atoms with Crippen LogP contribution in [0.15, 0.2) is 42.5 Å². The molecule has 1 saturated heterocycles. The molecule has 0 saturated carbocycles. The third-order valence-corrected chi connectivity index (χ3v) is 5.31. The van der Waals surface area contributed by atoms with Crippen molar-refractivity contribution >= 4 is 11.7 Å². The number of nitrogens with one attached hydrogen (secondary N) is 1. The van der Waals surface area contributed by atoms with Gasteiger partial charge in [0.15, 0.2) is 0 Å². The number of hydrogen-bond acceptors (Lipinski definition) is 4. The minimum atomic E-state index is -2.57. The maximum absolute atomic E-state index is 12.6. The van der Waals surface area contributed by atoms with Crippen molar-refractivity contribution in [3.8, 4) is 11.5 Å². The lowest BCUT2D eigenvalue weighted by Crippen LogP contribution is -2.49. The second-order valence-corrected chi connectivity index (χ2v) is 7.43. The number of ether oxygens (including phenoxy) is 2. The third-order valence-electron chi connectivity index (χ3n) is 5.31. The van der Waals surface area contributed by atoms with Gasteiger partial charge in [0, 0.05) is 39.1 Å². The van der Waals surface area contributed by atoms with Crippen LogP contribution in [0, 0.1) is 0 Å². The van der Waals surface area contributed by atoms with Crippen LogP contribution in [0.25, 0.3) is 0 Å². The van der Waals surface area contributed by atoms with Gasteiger partial charge in [0.1, 0.15) is 18.1 Å². The van der Waals surface area contributed by atoms with E-state index in [0.717, 1.165) is 38.4 Å². The third kappa shape index (κ3) is 4.99. The van der Waals surface area contributed by atoms with Gasteiger partial charge < -0.3 is 19.7 Å². The van der Waals surface area contributed by atoms with E-state index in [1.54, 1.807) is 29.2 Å². The van der Waals surface area contributed by atoms with Gasteiger partial charge in [-0.15, -0.1) is 0 Å². The molecule has 8 heteroatoms. The zero-order valence-corrected chi connectivity index (χ0v) is 16.7. The molecule has 6 nitrogen and oxygen atoms in total. The molecule has 0 spiro atoms. The van der Waals surface area contributed by atoms with Gasteiger partial charge in [0.2, 0.25) is 0 Å². The molecule has 160 valence electrons. The first-order chi connectivity index (χ1) is 14.6. The maximum Gasteiger partial charge on any atom is 0.322 e. The number of benzene rings is 2. The molecule has 0 radical (unpaired) electrons. The summed E-state index contributed by atoms with van der Waals surface area (Å²) in [6.07, 6.45) is -1.61. The quantitative estimate of drug-likeness (QED) is 0.780. The number of alkyl halides is 2. The predicted octanol–water partition coefficient (Wildman–Crippen LogP) is 3.62. The fraction of sp³-hybridized carbons (Fsp3) is 0.409. The van der Waals surface area contributed by atoms with E-state index in [9.17, 15) is 13.6 Å². The van der Waals surface area contributed by atoms with Crippen molar-refractivity contribution < 1.29 is 23.0 Å². The molecule has 1 N–H and O–H groups in total. The van der Waals surface area contributed by atoms with Gasteiger partial charge in [-0.05, 0) is 29.3 Å². The van der Waals surface area contributed by atoms with Crippen LogP contribution in [0.5, 0.6) is 11.5 Å². The Morgan fingerprint density at radius 3 is 2.73 bits per heavy atom. The van der Waals surface area contributed by atoms with Crippen LogP contribution >= 0.6 is 0 Å². The molecule has 2 aliphatic rings. The smallest absolute Gasteiger partial charge is 0.322 e. The summed E-state index contributed by atoms with van der Waals surface area (Å²) in [5, 5.41) is 2.78. The number of rotatable bonds is 6. The van der Waals surface area contributed by atoms with Crippen molar-refractivity contribution in [3.63, 3.8) is 0 Å². The number of piperazine rings is 1. The number of urea groups is 1. The highest BCUT2D eigenvalue weighted by molar-refractivity contribution is 5.91. The Kier molecular flexibility index (Phi) is 6.32. The highest BCUT2D eigenvalue weighted by Gasteiger charge is 2.22. The number of amides is 2. The molecule has 4 rings (SSSR count). The molecule has 2 aromatic carbocycles. The van der Waals surface area contributed by atoms with E-state index < -0.39 is 13.0 Å². The Morgan fingerprint density at radius 1 is 1.13 bits per heavy atom. The summed E-state index contributed by atoms with van der Waals surface area (Å²) in [7, 11) is 0. The number of halogens is 2. The van der Waals surface area contributed by atoms with Crippen molar-refractivity contribution in [1.82, 2.24) is 9.80 Å². The SMILES string of the molecule is O=C(Nc1ccccc1OCC(F)F)N1CCN(Cc2ccc3c(c2)CCO3)CC1. The van der Waals surface area contributed by atoms with Crippen molar-refractivity contribution in [2.45, 2.75) is 19.4 Å². The van der Waals surface area contributed by atoms with Crippen LogP contribution in [-0.4, -0.2) is 61.6 Å². The van der Waals surface area contributed by atoms with Gasteiger partial charge in [-0.1, -0.05) is 24.3 Å². The number of carbonyl (C=O) groups excluding carboxylic acids is 1. The molecule has 0 bridgehead atoms. The summed E-state index contributed by atoms with van der Waals surface area (Å²) in [4.78, 5) is 16.7. The molecular formula is C22H25F2N3O3. The van der Waals surface area contributed by atoms with Crippen LogP contribution in [0.2, 0.25) is 0 Å². The highest BCUT2D eigenvalue weighted by Crippen LogP contribution is 2.27. The molecule has 0 unspecified atom stereocenters. The van der Waals surface area contributed by atoms with Gasteiger partial charge in [-0.25, -0.2) is 13.6 Å². The molecule has 2 aromatic rings. The maximum atomic E-state index is 12.6. The van der Waals surface area contributed by atoms with Crippen LogP contribution in [0.1, 0.15) is 11.1 Å². The minimum Gasteiger partial charge on any atom is -0.493 e. The molecule has 2 amide bonds. The molecular weight excluding hydrogens is 392 g/mol. The monoisotopic (exact) mass is 417 g/mol. The van der Waals surface area contributed by atoms with Crippen molar-refractivity contribution in [3.05, 3.63) is 53.6 Å². The minimum absolute atomic E-state index is 0.241. The van der Waals surface area contributed by atoms with Gasteiger partial charge in [-0.2, -0.15) is 0 Å². The average Bonchev–Trinajstić information content (AvgIpc) is 3.21. The summed E-state index contributed by atoms with van der Waals surface area (Å²) in [5.74, 6) is 1.23. The number of nitrogens with zero attached hydrogens (tertiary/aromatic N) is 2. The Balaban J connectivity index is 1.28. The Morgan fingerprint density at radius 2 is 1.93 bits per heavy atom. The van der Waals surface area contributed by atoms with E-state index >= 15 is 0 Å². The van der Waals surface area contributed by atoms with Gasteiger partial charge in [0.25, 0.3) is 6.43 Å². The largest absolute Gasteiger partial charge is 0.493 e. The number of anilines is 1. The molecule has 0 atom stereocenters. The number of para-hydroxylation sites is 2. The first-order valence-corrected chi connectivity index (χ1v) is 10.1. The van der Waals surface area contributed by atoms with E-state index in [2.05, 4.69) is 22.3 Å². The number of hydrogen-bond donors (Lipinski definition) is 1. The Labute approximate surface area is 174 Å². The fourth-order valence-electron chi connectivity index (χ4n) is 3.75. The molecule has 1 fully saturated rings. The normalized spacial score (nSPS) is 16.3. The lowest BCUT2D eigenvalue weighted by Gasteiger charge is -2.34. The summed E-state index contributed by atoms with van der Waals surface area (Å²) >= 11 is 0. The van der Waals surface area contributed by atoms with Crippen molar-refractivity contribution in [2.75, 3.05) is 44.7 Å². The standard InChI is InChI=1S/C22H25F2N3O3/c23-21(24)15-30-20-4-2-1-3-18(20)25-22(28)27-10-8-26(9-11-27)14-16-5-6-19-17(13-16)7-12-29-19/h1-6,13,21H,7-12,14-15H2,(H,25,28). The van der Waals surface area contributed by atoms with Gasteiger partial charge >= 0.3 is 6.03 Å². The first kappa shape index (κ1) is 20.4. The van der Waals surface area contributed by atoms with Crippen LogP contribution < -0.4 is 14.8 Å². The second-order valence-electron chi connectivity index (χ2n) is 7.43. The predicted molar refractivity (Wildman–Crippen MR) is 109 cm³/mol. The number of carbonyl (C=O) groups is 1. The molecule has 2 heterocycles. The summed E-state index contributed by atoms with van der Waals surface area (Å²) < 4.78 is 35.5. The van der Waals surface area contributed by atoms with Gasteiger partial charge in [-0.3, -0.25) is 4.90 Å². The number of fused-ring (bicyclic) bond motifs is 1. The second kappa shape index (κ2) is 9.30. The van der Waals surface area contributed by atoms with E-state index in [0.29, 0.717) is 18.8 Å². The zero-order valence-electron chi connectivity index (χ0n) is 16.7. The lowest BCUT2D eigenvalue weighted by molar-refractivity contribution is 0.0822. The fourth-order valence-corrected chi connectivity index (χ4v) is 3.75. The molecule has 0 aliphatic carbocycles. The summed E-state index contributed by atoms with van der Waals surface area (Å²) in [5.41, 5.74) is 2.91. The van der Waals surface area contributed by atoms with E-state index in [1.807, 2.05) is 6.07 Å². The van der Waals surface area contributed by atoms with Gasteiger partial charge in [0.05, 0.1) is 12.3 Å². The summed E-state index contributed by atoms with van der Waals surface area (Å²) in [6.45, 7) is 3.62. The van der Waals surface area contributed by atoms with Crippen LogP contribution in [-0.2, 0) is 13.0 Å². The molecule has 30 heavy (non-hydrogen) atoms. The molecule has 0 aromatic heterocycles.